The van der Waals surface area contributed by atoms with Crippen molar-refractivity contribution >= 4 is 29.1 Å². The minimum Gasteiger partial charge on any atom is -0.489 e. The minimum absolute atomic E-state index is 0.199. The number of allylic oxidation sites excluding steroid dienone is 1. The number of benzene rings is 3. The molecule has 0 radical (unpaired) electrons. The molecule has 0 saturated heterocycles. The Hall–Kier alpha value is -4.10. The van der Waals surface area contributed by atoms with Crippen LogP contribution in [0.2, 0.25) is 5.02 Å². The van der Waals surface area contributed by atoms with Gasteiger partial charge < -0.3 is 15.4 Å². The van der Waals surface area contributed by atoms with Gasteiger partial charge in [-0.05, 0) is 66.9 Å². The van der Waals surface area contributed by atoms with E-state index in [1.54, 1.807) is 4.68 Å². The summed E-state index contributed by atoms with van der Waals surface area (Å²) < 4.78 is 7.66. The molecule has 1 unspecified atom stereocenters. The van der Waals surface area contributed by atoms with Crippen molar-refractivity contribution in [3.8, 4) is 5.75 Å². The van der Waals surface area contributed by atoms with Gasteiger partial charge in [0, 0.05) is 16.4 Å². The van der Waals surface area contributed by atoms with E-state index in [-0.39, 0.29) is 5.91 Å². The Morgan fingerprint density at radius 1 is 1.09 bits per heavy atom. The van der Waals surface area contributed by atoms with Crippen molar-refractivity contribution in [1.29, 1.82) is 0 Å². The fourth-order valence-electron chi connectivity index (χ4n) is 4.11. The lowest BCUT2D eigenvalue weighted by atomic mass is 9.95. The summed E-state index contributed by atoms with van der Waals surface area (Å²) in [6.07, 6.45) is 1.48. The topological polar surface area (TPSA) is 81.1 Å². The second kappa shape index (κ2) is 9.64. The third-order valence-electron chi connectivity index (χ3n) is 5.83. The van der Waals surface area contributed by atoms with E-state index in [2.05, 4.69) is 20.7 Å². The number of amides is 1. The number of fused-ring (bicyclic) bond motifs is 1. The second-order valence-electron chi connectivity index (χ2n) is 8.40. The highest BCUT2D eigenvalue weighted by molar-refractivity contribution is 6.30. The number of aryl methyl sites for hydroxylation is 1. The monoisotopic (exact) mass is 485 g/mol. The maximum absolute atomic E-state index is 13.5. The molecule has 4 aromatic rings. The Labute approximate surface area is 208 Å². The highest BCUT2D eigenvalue weighted by atomic mass is 35.5. The minimum atomic E-state index is -0.441. The molecule has 1 atom stereocenters. The Bertz CT molecular complexity index is 1390. The molecule has 1 aromatic heterocycles. The number of carbonyl (C=O) groups excluding carboxylic acids is 1. The number of nitrogens with one attached hydrogen (secondary N) is 2. The number of rotatable bonds is 6. The van der Waals surface area contributed by atoms with Crippen LogP contribution in [0.1, 0.15) is 29.7 Å². The zero-order valence-electron chi connectivity index (χ0n) is 19.3. The molecule has 0 saturated carbocycles. The molecule has 176 valence electrons. The largest absolute Gasteiger partial charge is 0.489 e. The molecular weight excluding hydrogens is 462 g/mol. The summed E-state index contributed by atoms with van der Waals surface area (Å²) in [5.74, 6) is 1.11. The van der Waals surface area contributed by atoms with E-state index in [0.29, 0.717) is 23.2 Å². The smallest absolute Gasteiger partial charge is 0.255 e. The Morgan fingerprint density at radius 2 is 1.86 bits per heavy atom. The average Bonchev–Trinajstić information content (AvgIpc) is 3.31. The molecule has 35 heavy (non-hydrogen) atoms. The summed E-state index contributed by atoms with van der Waals surface area (Å²) >= 11 is 5.96. The number of ether oxygens (including phenoxy) is 1. The first-order valence-corrected chi connectivity index (χ1v) is 11.6. The van der Waals surface area contributed by atoms with E-state index in [1.807, 2.05) is 86.6 Å². The van der Waals surface area contributed by atoms with Crippen molar-refractivity contribution in [2.45, 2.75) is 26.5 Å². The molecule has 1 aliphatic heterocycles. The van der Waals surface area contributed by atoms with Crippen molar-refractivity contribution in [2.24, 2.45) is 0 Å². The summed E-state index contributed by atoms with van der Waals surface area (Å²) in [6.45, 7) is 4.30. The fraction of sp³-hybridized carbons (Fsp3) is 0.148. The first kappa shape index (κ1) is 22.7. The van der Waals surface area contributed by atoms with Crippen molar-refractivity contribution in [1.82, 2.24) is 14.8 Å². The lowest BCUT2D eigenvalue weighted by molar-refractivity contribution is -0.113. The maximum Gasteiger partial charge on any atom is 0.255 e. The highest BCUT2D eigenvalue weighted by Gasteiger charge is 2.33. The number of aromatic nitrogens is 3. The van der Waals surface area contributed by atoms with Crippen LogP contribution in [-0.4, -0.2) is 20.7 Å². The number of hydrogen-bond donors (Lipinski definition) is 2. The first-order chi connectivity index (χ1) is 17.0. The number of anilines is 2. The van der Waals surface area contributed by atoms with Gasteiger partial charge in [0.1, 0.15) is 24.7 Å². The molecule has 8 heteroatoms. The number of halogens is 1. The van der Waals surface area contributed by atoms with E-state index in [9.17, 15) is 4.79 Å². The molecule has 0 spiro atoms. The predicted molar refractivity (Wildman–Crippen MR) is 137 cm³/mol. The van der Waals surface area contributed by atoms with E-state index >= 15 is 0 Å². The van der Waals surface area contributed by atoms with Crippen LogP contribution in [-0.2, 0) is 11.4 Å². The molecule has 7 nitrogen and oxygen atoms in total. The highest BCUT2D eigenvalue weighted by Crippen LogP contribution is 2.36. The maximum atomic E-state index is 13.5. The summed E-state index contributed by atoms with van der Waals surface area (Å²) in [7, 11) is 0. The number of nitrogens with zero attached hydrogens (tertiary/aromatic N) is 3. The van der Waals surface area contributed by atoms with Gasteiger partial charge in [-0.1, -0.05) is 48.0 Å². The molecular formula is C27H24ClN5O2. The van der Waals surface area contributed by atoms with Crippen molar-refractivity contribution in [2.75, 3.05) is 10.6 Å². The third-order valence-corrected chi connectivity index (χ3v) is 6.08. The van der Waals surface area contributed by atoms with Gasteiger partial charge in [0.05, 0.1) is 5.57 Å². The van der Waals surface area contributed by atoms with Crippen LogP contribution in [0.3, 0.4) is 0 Å². The van der Waals surface area contributed by atoms with Crippen molar-refractivity contribution in [3.05, 3.63) is 112 Å². The molecule has 3 aromatic carbocycles. The van der Waals surface area contributed by atoms with Crippen LogP contribution < -0.4 is 15.4 Å². The Morgan fingerprint density at radius 3 is 2.60 bits per heavy atom. The van der Waals surface area contributed by atoms with Gasteiger partial charge in [0.2, 0.25) is 5.95 Å². The van der Waals surface area contributed by atoms with Gasteiger partial charge >= 0.3 is 0 Å². The van der Waals surface area contributed by atoms with Crippen LogP contribution in [0.4, 0.5) is 11.6 Å². The fourth-order valence-corrected chi connectivity index (χ4v) is 4.23. The van der Waals surface area contributed by atoms with Gasteiger partial charge in [-0.3, -0.25) is 4.79 Å². The summed E-state index contributed by atoms with van der Waals surface area (Å²) in [5.41, 5.74) is 5.02. The molecule has 1 aliphatic rings. The van der Waals surface area contributed by atoms with Crippen LogP contribution in [0.5, 0.6) is 5.75 Å². The van der Waals surface area contributed by atoms with E-state index < -0.39 is 6.04 Å². The zero-order chi connectivity index (χ0) is 24.4. The van der Waals surface area contributed by atoms with Crippen molar-refractivity contribution < 1.29 is 9.53 Å². The summed E-state index contributed by atoms with van der Waals surface area (Å²) in [6, 6.07) is 22.5. The van der Waals surface area contributed by atoms with Crippen LogP contribution in [0, 0.1) is 6.92 Å². The molecule has 2 heterocycles. The quantitative estimate of drug-likeness (QED) is 0.363. The van der Waals surface area contributed by atoms with E-state index in [1.165, 1.54) is 6.33 Å². The van der Waals surface area contributed by atoms with E-state index in [4.69, 9.17) is 16.3 Å². The standard InChI is InChI=1S/C27H24ClN5O2/c1-17-4-3-5-22(14-17)32-26(34)24-18(2)31-27-29-16-30-33(27)25(24)20-8-12-23(13-9-20)35-15-19-6-10-21(28)11-7-19/h3-14,16,25H,15H2,1-2H3,(H,32,34)(H,29,30,31). The van der Waals surface area contributed by atoms with Crippen LogP contribution >= 0.6 is 11.6 Å². The zero-order valence-corrected chi connectivity index (χ0v) is 20.1. The predicted octanol–water partition coefficient (Wildman–Crippen LogP) is 5.75. The van der Waals surface area contributed by atoms with Gasteiger partial charge in [0.15, 0.2) is 0 Å². The Kier molecular flexibility index (Phi) is 6.25. The Balaban J connectivity index is 1.40. The summed E-state index contributed by atoms with van der Waals surface area (Å²) in [5, 5.41) is 11.3. The molecule has 0 fully saturated rings. The van der Waals surface area contributed by atoms with Gasteiger partial charge in [0.25, 0.3) is 5.91 Å². The SMILES string of the molecule is CC1=C(C(=O)Nc2cccc(C)c2)C(c2ccc(OCc3ccc(Cl)cc3)cc2)n2ncnc2N1. The van der Waals surface area contributed by atoms with Gasteiger partial charge in [-0.25, -0.2) is 4.68 Å². The van der Waals surface area contributed by atoms with E-state index in [0.717, 1.165) is 33.8 Å². The van der Waals surface area contributed by atoms with Crippen LogP contribution in [0.15, 0.2) is 90.4 Å². The summed E-state index contributed by atoms with van der Waals surface area (Å²) in [4.78, 5) is 17.8. The molecule has 5 rings (SSSR count). The first-order valence-electron chi connectivity index (χ1n) is 11.2. The lowest BCUT2D eigenvalue weighted by Gasteiger charge is -2.28. The van der Waals surface area contributed by atoms with Crippen molar-refractivity contribution in [3.63, 3.8) is 0 Å². The average molecular weight is 486 g/mol. The number of carbonyl (C=O) groups is 1. The lowest BCUT2D eigenvalue weighted by Crippen LogP contribution is -2.31. The second-order valence-corrected chi connectivity index (χ2v) is 8.84. The number of hydrogen-bond acceptors (Lipinski definition) is 5. The molecule has 1 amide bonds. The molecule has 0 bridgehead atoms. The van der Waals surface area contributed by atoms with Gasteiger partial charge in [-0.2, -0.15) is 10.1 Å². The normalized spacial score (nSPS) is 14.8. The van der Waals surface area contributed by atoms with Crippen LogP contribution in [0.25, 0.3) is 0 Å². The molecule has 2 N–H and O–H groups in total. The van der Waals surface area contributed by atoms with Gasteiger partial charge in [-0.15, -0.1) is 0 Å². The molecule has 0 aliphatic carbocycles. The third kappa shape index (κ3) is 4.90.